The van der Waals surface area contributed by atoms with E-state index < -0.39 is 9.84 Å². The molecule has 5 nitrogen and oxygen atoms in total. The Kier molecular flexibility index (Phi) is 6.95. The molecule has 1 aliphatic heterocycles. The number of likely N-dealkylation sites (tertiary alicyclic amines) is 1. The molecule has 1 heterocycles. The molecule has 0 aliphatic carbocycles. The second kappa shape index (κ2) is 7.98. The molecule has 1 amide bonds. The van der Waals surface area contributed by atoms with Crippen LogP contribution in [0.4, 0.5) is 0 Å². The van der Waals surface area contributed by atoms with Crippen molar-refractivity contribution in [2.45, 2.75) is 33.1 Å². The smallest absolute Gasteiger partial charge is 0.223 e. The average Bonchev–Trinajstić information content (AvgIpc) is 2.35. The molecule has 0 radical (unpaired) electrons. The van der Waals surface area contributed by atoms with E-state index in [1.54, 1.807) is 0 Å². The highest BCUT2D eigenvalue weighted by Gasteiger charge is 2.24. The number of rotatable bonds is 7. The van der Waals surface area contributed by atoms with E-state index in [0.717, 1.165) is 32.5 Å². The molecule has 118 valence electrons. The summed E-state index contributed by atoms with van der Waals surface area (Å²) in [4.78, 5) is 14.0. The number of nitrogens with zero attached hydrogens (tertiary/aromatic N) is 1. The van der Waals surface area contributed by atoms with Crippen molar-refractivity contribution in [1.82, 2.24) is 10.2 Å². The number of sulfone groups is 1. The van der Waals surface area contributed by atoms with E-state index in [-0.39, 0.29) is 29.8 Å². The largest absolute Gasteiger partial charge is 0.342 e. The molecule has 6 heteroatoms. The van der Waals surface area contributed by atoms with Gasteiger partial charge in [0.05, 0.1) is 11.5 Å². The Labute approximate surface area is 123 Å². The SMILES string of the molecule is CNCC1CCCN(C(=O)CCS(=O)(=O)CC(C)C)C1. The zero-order valence-electron chi connectivity index (χ0n) is 12.9. The summed E-state index contributed by atoms with van der Waals surface area (Å²) in [7, 11) is -1.18. The van der Waals surface area contributed by atoms with Crippen LogP contribution < -0.4 is 5.32 Å². The van der Waals surface area contributed by atoms with Crippen LogP contribution in [0.25, 0.3) is 0 Å². The minimum Gasteiger partial charge on any atom is -0.342 e. The van der Waals surface area contributed by atoms with Crippen LogP contribution in [0.3, 0.4) is 0 Å². The van der Waals surface area contributed by atoms with Crippen molar-refractivity contribution < 1.29 is 13.2 Å². The third-order valence-corrected chi connectivity index (χ3v) is 5.58. The number of hydrogen-bond acceptors (Lipinski definition) is 4. The fraction of sp³-hybridized carbons (Fsp3) is 0.929. The summed E-state index contributed by atoms with van der Waals surface area (Å²) in [6, 6.07) is 0. The topological polar surface area (TPSA) is 66.5 Å². The molecule has 1 saturated heterocycles. The van der Waals surface area contributed by atoms with Gasteiger partial charge in [-0.3, -0.25) is 4.79 Å². The minimum atomic E-state index is -3.10. The Hall–Kier alpha value is -0.620. The predicted octanol–water partition coefficient (Wildman–Crippen LogP) is 0.905. The van der Waals surface area contributed by atoms with Crippen LogP contribution in [0.15, 0.2) is 0 Å². The van der Waals surface area contributed by atoms with Crippen LogP contribution in [0, 0.1) is 11.8 Å². The molecule has 1 rings (SSSR count). The number of piperidine rings is 1. The normalized spacial score (nSPS) is 20.4. The number of carbonyl (C=O) groups excluding carboxylic acids is 1. The molecule has 1 unspecified atom stereocenters. The average molecular weight is 304 g/mol. The first-order valence-corrected chi connectivity index (χ1v) is 9.29. The van der Waals surface area contributed by atoms with Crippen molar-refractivity contribution in [3.05, 3.63) is 0 Å². The van der Waals surface area contributed by atoms with E-state index in [9.17, 15) is 13.2 Å². The molecule has 0 bridgehead atoms. The van der Waals surface area contributed by atoms with Gasteiger partial charge in [-0.05, 0) is 38.3 Å². The number of hydrogen-bond donors (Lipinski definition) is 1. The highest BCUT2D eigenvalue weighted by molar-refractivity contribution is 7.91. The van der Waals surface area contributed by atoms with Gasteiger partial charge in [0, 0.05) is 19.5 Å². The van der Waals surface area contributed by atoms with E-state index in [4.69, 9.17) is 0 Å². The van der Waals surface area contributed by atoms with Crippen LogP contribution >= 0.6 is 0 Å². The van der Waals surface area contributed by atoms with Crippen molar-refractivity contribution >= 4 is 15.7 Å². The minimum absolute atomic E-state index is 0.0156. The highest BCUT2D eigenvalue weighted by atomic mass is 32.2. The molecule has 0 saturated carbocycles. The van der Waals surface area contributed by atoms with Crippen molar-refractivity contribution in [3.63, 3.8) is 0 Å². The lowest BCUT2D eigenvalue weighted by Crippen LogP contribution is -2.43. The van der Waals surface area contributed by atoms with Gasteiger partial charge in [-0.15, -0.1) is 0 Å². The summed E-state index contributed by atoms with van der Waals surface area (Å²) in [5, 5.41) is 3.14. The lowest BCUT2D eigenvalue weighted by Gasteiger charge is -2.32. The number of nitrogens with one attached hydrogen (secondary N) is 1. The summed E-state index contributed by atoms with van der Waals surface area (Å²) in [5.41, 5.74) is 0. The second-order valence-corrected chi connectivity index (χ2v) is 8.39. The van der Waals surface area contributed by atoms with E-state index >= 15 is 0 Å². The van der Waals surface area contributed by atoms with Crippen molar-refractivity contribution in [2.24, 2.45) is 11.8 Å². The Morgan fingerprint density at radius 1 is 1.40 bits per heavy atom. The van der Waals surface area contributed by atoms with Crippen molar-refractivity contribution in [1.29, 1.82) is 0 Å². The number of carbonyl (C=O) groups is 1. The van der Waals surface area contributed by atoms with Gasteiger partial charge in [0.15, 0.2) is 9.84 Å². The highest BCUT2D eigenvalue weighted by Crippen LogP contribution is 2.16. The molecule has 1 atom stereocenters. The standard InChI is InChI=1S/C14H28N2O3S/c1-12(2)11-20(18,19)8-6-14(17)16-7-4-5-13(10-16)9-15-3/h12-13,15H,4-11H2,1-3H3. The molecule has 0 spiro atoms. The second-order valence-electron chi connectivity index (χ2n) is 6.16. The van der Waals surface area contributed by atoms with Crippen LogP contribution in [-0.2, 0) is 14.6 Å². The Morgan fingerprint density at radius 3 is 2.70 bits per heavy atom. The van der Waals surface area contributed by atoms with Gasteiger partial charge in [0.2, 0.25) is 5.91 Å². The van der Waals surface area contributed by atoms with Gasteiger partial charge in [-0.2, -0.15) is 0 Å². The molecule has 1 fully saturated rings. The van der Waals surface area contributed by atoms with Crippen LogP contribution in [0.5, 0.6) is 0 Å². The van der Waals surface area contributed by atoms with Crippen molar-refractivity contribution in [2.75, 3.05) is 38.2 Å². The Bertz CT molecular complexity index is 405. The van der Waals surface area contributed by atoms with Gasteiger partial charge in [-0.25, -0.2) is 8.42 Å². The van der Waals surface area contributed by atoms with Gasteiger partial charge in [0.1, 0.15) is 0 Å². The zero-order chi connectivity index (χ0) is 15.2. The van der Waals surface area contributed by atoms with Crippen molar-refractivity contribution in [3.8, 4) is 0 Å². The van der Waals surface area contributed by atoms with Crippen LogP contribution in [0.2, 0.25) is 0 Å². The summed E-state index contributed by atoms with van der Waals surface area (Å²) < 4.78 is 23.6. The molecule has 0 aromatic carbocycles. The van der Waals surface area contributed by atoms with Crippen LogP contribution in [-0.4, -0.2) is 57.4 Å². The zero-order valence-corrected chi connectivity index (χ0v) is 13.7. The molecular formula is C14H28N2O3S. The maximum atomic E-state index is 12.1. The third kappa shape index (κ3) is 6.22. The lowest BCUT2D eigenvalue weighted by atomic mass is 9.98. The van der Waals surface area contributed by atoms with Gasteiger partial charge >= 0.3 is 0 Å². The quantitative estimate of drug-likeness (QED) is 0.759. The van der Waals surface area contributed by atoms with E-state index in [1.165, 1.54) is 0 Å². The first-order valence-electron chi connectivity index (χ1n) is 7.47. The van der Waals surface area contributed by atoms with Crippen LogP contribution in [0.1, 0.15) is 33.1 Å². The van der Waals surface area contributed by atoms with E-state index in [1.807, 2.05) is 25.8 Å². The molecule has 1 aliphatic rings. The van der Waals surface area contributed by atoms with Gasteiger partial charge in [-0.1, -0.05) is 13.8 Å². The summed E-state index contributed by atoms with van der Waals surface area (Å²) in [6.45, 7) is 6.20. The first kappa shape index (κ1) is 17.4. The fourth-order valence-corrected chi connectivity index (χ4v) is 4.41. The maximum Gasteiger partial charge on any atom is 0.223 e. The lowest BCUT2D eigenvalue weighted by molar-refractivity contribution is -0.132. The Morgan fingerprint density at radius 2 is 2.10 bits per heavy atom. The fourth-order valence-electron chi connectivity index (χ4n) is 2.74. The van der Waals surface area contributed by atoms with E-state index in [0.29, 0.717) is 5.92 Å². The summed E-state index contributed by atoms with van der Waals surface area (Å²) >= 11 is 0. The van der Waals surface area contributed by atoms with E-state index in [2.05, 4.69) is 5.32 Å². The maximum absolute atomic E-state index is 12.1. The third-order valence-electron chi connectivity index (χ3n) is 3.58. The monoisotopic (exact) mass is 304 g/mol. The number of amides is 1. The predicted molar refractivity (Wildman–Crippen MR) is 81.3 cm³/mol. The first-order chi connectivity index (χ1) is 9.34. The molecule has 1 N–H and O–H groups in total. The summed E-state index contributed by atoms with van der Waals surface area (Å²) in [5.74, 6) is 0.744. The molecule has 0 aromatic rings. The molecule has 0 aromatic heterocycles. The molecule has 20 heavy (non-hydrogen) atoms. The summed E-state index contributed by atoms with van der Waals surface area (Å²) in [6.07, 6.45) is 2.27. The molecular weight excluding hydrogens is 276 g/mol. The Balaban J connectivity index is 2.42. The van der Waals surface area contributed by atoms with Gasteiger partial charge < -0.3 is 10.2 Å². The van der Waals surface area contributed by atoms with Gasteiger partial charge in [0.25, 0.3) is 0 Å².